The van der Waals surface area contributed by atoms with Crippen molar-refractivity contribution in [3.8, 4) is 0 Å². The maximum atomic E-state index is 2.61. The summed E-state index contributed by atoms with van der Waals surface area (Å²) in [6, 6.07) is 0.782. The molecule has 1 aliphatic heterocycles. The maximum Gasteiger partial charge on any atom is 0.0127 e. The van der Waals surface area contributed by atoms with E-state index in [1.807, 2.05) is 0 Å². The van der Waals surface area contributed by atoms with Crippen LogP contribution >= 0.6 is 0 Å². The van der Waals surface area contributed by atoms with Gasteiger partial charge >= 0.3 is 0 Å². The largest absolute Gasteiger partial charge is 0.296 e. The fourth-order valence-electron chi connectivity index (χ4n) is 2.23. The molecule has 0 saturated carbocycles. The van der Waals surface area contributed by atoms with Crippen LogP contribution < -0.4 is 0 Å². The lowest BCUT2D eigenvalue weighted by atomic mass is 10.1. The Balaban J connectivity index is 2.60. The first-order chi connectivity index (χ1) is 4.91. The first-order valence-electron chi connectivity index (χ1n) is 4.68. The zero-order valence-corrected chi connectivity index (χ0v) is 8.52. The molecule has 0 aliphatic carbocycles. The van der Waals surface area contributed by atoms with Crippen molar-refractivity contribution in [2.45, 2.75) is 52.6 Å². The second-order valence-corrected chi connectivity index (χ2v) is 5.01. The van der Waals surface area contributed by atoms with E-state index in [1.54, 1.807) is 0 Å². The molecule has 0 aromatic heterocycles. The van der Waals surface area contributed by atoms with Gasteiger partial charge in [-0.2, -0.15) is 0 Å². The van der Waals surface area contributed by atoms with E-state index in [4.69, 9.17) is 0 Å². The van der Waals surface area contributed by atoms with Crippen molar-refractivity contribution in [2.24, 2.45) is 5.92 Å². The lowest BCUT2D eigenvalue weighted by Gasteiger charge is -2.35. The third-order valence-corrected chi connectivity index (χ3v) is 2.65. The van der Waals surface area contributed by atoms with Crippen molar-refractivity contribution in [3.05, 3.63) is 0 Å². The molecule has 1 rings (SSSR count). The summed E-state index contributed by atoms with van der Waals surface area (Å²) in [5, 5.41) is 0. The first-order valence-corrected chi connectivity index (χ1v) is 4.68. The fourth-order valence-corrected chi connectivity index (χ4v) is 2.23. The van der Waals surface area contributed by atoms with Crippen LogP contribution in [0.4, 0.5) is 0 Å². The molecule has 1 saturated heterocycles. The highest BCUT2D eigenvalue weighted by atomic mass is 15.2. The Kier molecular flexibility index (Phi) is 2.29. The normalized spacial score (nSPS) is 34.6. The number of likely N-dealkylation sites (tertiary alicyclic amines) is 1. The summed E-state index contributed by atoms with van der Waals surface area (Å²) in [6.07, 6.45) is 1.37. The van der Waals surface area contributed by atoms with Gasteiger partial charge in [0.15, 0.2) is 0 Å². The van der Waals surface area contributed by atoms with Crippen LogP contribution in [0, 0.1) is 5.92 Å². The molecule has 11 heavy (non-hydrogen) atoms. The minimum absolute atomic E-state index is 0.365. The molecule has 1 fully saturated rings. The van der Waals surface area contributed by atoms with Crippen LogP contribution in [0.3, 0.4) is 0 Å². The van der Waals surface area contributed by atoms with Gasteiger partial charge in [-0.25, -0.2) is 0 Å². The van der Waals surface area contributed by atoms with Gasteiger partial charge in [-0.15, -0.1) is 0 Å². The van der Waals surface area contributed by atoms with Crippen molar-refractivity contribution in [1.29, 1.82) is 0 Å². The van der Waals surface area contributed by atoms with Crippen LogP contribution in [0.15, 0.2) is 0 Å². The van der Waals surface area contributed by atoms with Gasteiger partial charge in [0.25, 0.3) is 0 Å². The standard InChI is InChI=1S/C10H21N/c1-8-6-9(2)11(7-8)10(3,4)5/h8-9H,6-7H2,1-5H3. The van der Waals surface area contributed by atoms with Crippen molar-refractivity contribution >= 4 is 0 Å². The summed E-state index contributed by atoms with van der Waals surface area (Å²) in [6.45, 7) is 12.9. The summed E-state index contributed by atoms with van der Waals surface area (Å²) < 4.78 is 0. The first kappa shape index (κ1) is 9.05. The highest BCUT2D eigenvalue weighted by molar-refractivity contribution is 4.88. The predicted octanol–water partition coefficient (Wildman–Crippen LogP) is 2.52. The Morgan fingerprint density at radius 2 is 1.73 bits per heavy atom. The molecule has 0 aromatic rings. The molecule has 1 heterocycles. The molecule has 2 atom stereocenters. The highest BCUT2D eigenvalue weighted by Crippen LogP contribution is 2.29. The molecule has 0 radical (unpaired) electrons. The highest BCUT2D eigenvalue weighted by Gasteiger charge is 2.33. The van der Waals surface area contributed by atoms with Gasteiger partial charge in [-0.1, -0.05) is 6.92 Å². The van der Waals surface area contributed by atoms with Gasteiger partial charge in [0, 0.05) is 18.1 Å². The fraction of sp³-hybridized carbons (Fsp3) is 1.00. The zero-order chi connectivity index (χ0) is 8.65. The summed E-state index contributed by atoms with van der Waals surface area (Å²) in [7, 11) is 0. The molecule has 1 heteroatoms. The van der Waals surface area contributed by atoms with E-state index >= 15 is 0 Å². The molecule has 2 unspecified atom stereocenters. The van der Waals surface area contributed by atoms with Crippen LogP contribution in [-0.4, -0.2) is 23.0 Å². The minimum Gasteiger partial charge on any atom is -0.296 e. The third-order valence-electron chi connectivity index (χ3n) is 2.65. The zero-order valence-electron chi connectivity index (χ0n) is 8.52. The van der Waals surface area contributed by atoms with Crippen LogP contribution in [-0.2, 0) is 0 Å². The second-order valence-electron chi connectivity index (χ2n) is 5.01. The molecule has 0 bridgehead atoms. The quantitative estimate of drug-likeness (QED) is 0.519. The van der Waals surface area contributed by atoms with Crippen molar-refractivity contribution in [2.75, 3.05) is 6.54 Å². The van der Waals surface area contributed by atoms with E-state index in [0.717, 1.165) is 12.0 Å². The van der Waals surface area contributed by atoms with E-state index in [-0.39, 0.29) is 0 Å². The van der Waals surface area contributed by atoms with Crippen LogP contribution in [0.5, 0.6) is 0 Å². The predicted molar refractivity (Wildman–Crippen MR) is 49.7 cm³/mol. The van der Waals surface area contributed by atoms with Crippen LogP contribution in [0.1, 0.15) is 41.0 Å². The van der Waals surface area contributed by atoms with Gasteiger partial charge in [-0.05, 0) is 40.0 Å². The summed E-state index contributed by atoms with van der Waals surface area (Å²) >= 11 is 0. The van der Waals surface area contributed by atoms with Gasteiger partial charge in [0.1, 0.15) is 0 Å². The molecular formula is C10H21N. The SMILES string of the molecule is CC1CC(C)N(C(C)(C)C)C1. The summed E-state index contributed by atoms with van der Waals surface area (Å²) in [4.78, 5) is 2.61. The van der Waals surface area contributed by atoms with E-state index < -0.39 is 0 Å². The smallest absolute Gasteiger partial charge is 0.0127 e. The van der Waals surface area contributed by atoms with Gasteiger partial charge in [0.05, 0.1) is 0 Å². The van der Waals surface area contributed by atoms with Crippen LogP contribution in [0.2, 0.25) is 0 Å². The van der Waals surface area contributed by atoms with E-state index in [2.05, 4.69) is 39.5 Å². The van der Waals surface area contributed by atoms with Gasteiger partial charge in [-0.3, -0.25) is 4.90 Å². The molecule has 1 nitrogen and oxygen atoms in total. The average Bonchev–Trinajstić information content (AvgIpc) is 2.08. The van der Waals surface area contributed by atoms with E-state index in [0.29, 0.717) is 5.54 Å². The molecule has 0 N–H and O–H groups in total. The average molecular weight is 155 g/mol. The lowest BCUT2D eigenvalue weighted by molar-refractivity contribution is 0.127. The third kappa shape index (κ3) is 1.96. The number of hydrogen-bond acceptors (Lipinski definition) is 1. The minimum atomic E-state index is 0.365. The molecule has 0 amide bonds. The molecule has 0 spiro atoms. The van der Waals surface area contributed by atoms with Gasteiger partial charge in [0.2, 0.25) is 0 Å². The van der Waals surface area contributed by atoms with Crippen molar-refractivity contribution in [1.82, 2.24) is 4.90 Å². The Morgan fingerprint density at radius 1 is 1.18 bits per heavy atom. The molecular weight excluding hydrogens is 134 g/mol. The number of rotatable bonds is 0. The molecule has 1 aliphatic rings. The Hall–Kier alpha value is -0.0400. The summed E-state index contributed by atoms with van der Waals surface area (Å²) in [5.41, 5.74) is 0.365. The topological polar surface area (TPSA) is 3.24 Å². The Bertz CT molecular complexity index is 134. The van der Waals surface area contributed by atoms with Crippen molar-refractivity contribution < 1.29 is 0 Å². The monoisotopic (exact) mass is 155 g/mol. The second kappa shape index (κ2) is 2.78. The van der Waals surface area contributed by atoms with Crippen LogP contribution in [0.25, 0.3) is 0 Å². The summed E-state index contributed by atoms with van der Waals surface area (Å²) in [5.74, 6) is 0.893. The number of hydrogen-bond donors (Lipinski definition) is 0. The Labute approximate surface area is 70.8 Å². The van der Waals surface area contributed by atoms with Crippen molar-refractivity contribution in [3.63, 3.8) is 0 Å². The molecule has 0 aromatic carbocycles. The van der Waals surface area contributed by atoms with Gasteiger partial charge < -0.3 is 0 Å². The van der Waals surface area contributed by atoms with E-state index in [1.165, 1.54) is 13.0 Å². The lowest BCUT2D eigenvalue weighted by Crippen LogP contribution is -2.43. The molecule has 66 valence electrons. The number of nitrogens with zero attached hydrogens (tertiary/aromatic N) is 1. The Morgan fingerprint density at radius 3 is 1.91 bits per heavy atom. The maximum absolute atomic E-state index is 2.61. The van der Waals surface area contributed by atoms with E-state index in [9.17, 15) is 0 Å².